The van der Waals surface area contributed by atoms with Gasteiger partial charge in [-0.05, 0) is 24.6 Å². The average Bonchev–Trinajstić information content (AvgIpc) is 2.45. The first-order valence-electron chi connectivity index (χ1n) is 7.71. The van der Waals surface area contributed by atoms with E-state index in [0.717, 1.165) is 50.9 Å². The van der Waals surface area contributed by atoms with Crippen molar-refractivity contribution in [3.05, 3.63) is 29.6 Å². The second kappa shape index (κ2) is 6.30. The van der Waals surface area contributed by atoms with Crippen LogP contribution in [0.3, 0.4) is 0 Å². The van der Waals surface area contributed by atoms with Gasteiger partial charge >= 0.3 is 0 Å². The third kappa shape index (κ3) is 3.05. The first-order valence-corrected chi connectivity index (χ1v) is 7.71. The van der Waals surface area contributed by atoms with Gasteiger partial charge in [-0.1, -0.05) is 6.07 Å². The fourth-order valence-electron chi connectivity index (χ4n) is 3.17. The molecule has 0 spiro atoms. The number of nitrogens with one attached hydrogen (secondary N) is 1. The second-order valence-corrected chi connectivity index (χ2v) is 5.95. The molecule has 0 radical (unpaired) electrons. The van der Waals surface area contributed by atoms with E-state index in [4.69, 9.17) is 4.74 Å². The largest absolute Gasteiger partial charge is 0.494 e. The Labute approximate surface area is 125 Å². The van der Waals surface area contributed by atoms with Crippen LogP contribution in [0.1, 0.15) is 18.5 Å². The number of hydrogen-bond donors (Lipinski definition) is 1. The molecule has 3 rings (SSSR count). The third-order valence-electron chi connectivity index (χ3n) is 4.83. The molecule has 2 aliphatic rings. The maximum Gasteiger partial charge on any atom is 0.165 e. The van der Waals surface area contributed by atoms with Crippen LogP contribution in [0.5, 0.6) is 5.75 Å². The number of benzene rings is 1. The molecule has 116 valence electrons. The van der Waals surface area contributed by atoms with Crippen molar-refractivity contribution in [3.63, 3.8) is 0 Å². The maximum absolute atomic E-state index is 13.8. The number of methoxy groups -OCH3 is 1. The molecule has 5 heteroatoms. The van der Waals surface area contributed by atoms with Gasteiger partial charge in [0.25, 0.3) is 0 Å². The van der Waals surface area contributed by atoms with Gasteiger partial charge in [-0.25, -0.2) is 4.39 Å². The van der Waals surface area contributed by atoms with Crippen molar-refractivity contribution in [2.45, 2.75) is 19.0 Å². The van der Waals surface area contributed by atoms with Gasteiger partial charge < -0.3 is 10.1 Å². The van der Waals surface area contributed by atoms with Gasteiger partial charge in [0.15, 0.2) is 11.6 Å². The van der Waals surface area contributed by atoms with E-state index in [1.807, 2.05) is 6.07 Å². The highest BCUT2D eigenvalue weighted by molar-refractivity contribution is 5.30. The maximum atomic E-state index is 13.8. The third-order valence-corrected chi connectivity index (χ3v) is 4.83. The van der Waals surface area contributed by atoms with Gasteiger partial charge in [-0.2, -0.15) is 0 Å². The molecule has 0 saturated carbocycles. The highest BCUT2D eigenvalue weighted by Gasteiger charge is 2.29. The van der Waals surface area contributed by atoms with Crippen LogP contribution < -0.4 is 10.1 Å². The minimum Gasteiger partial charge on any atom is -0.494 e. The van der Waals surface area contributed by atoms with Gasteiger partial charge in [0.2, 0.25) is 0 Å². The Balaban J connectivity index is 1.60. The summed E-state index contributed by atoms with van der Waals surface area (Å²) in [4.78, 5) is 5.00. The van der Waals surface area contributed by atoms with Crippen molar-refractivity contribution in [2.24, 2.45) is 0 Å². The van der Waals surface area contributed by atoms with Crippen LogP contribution in [0.15, 0.2) is 18.2 Å². The standard InChI is InChI=1S/C16H24FN3O/c1-12(13-3-4-16(21-2)15(17)9-13)19-5-7-20(8-6-19)14-10-18-11-14/h3-4,9,12,14,18H,5-8,10-11H2,1-2H3. The molecule has 1 aromatic rings. The van der Waals surface area contributed by atoms with Crippen molar-refractivity contribution in [1.82, 2.24) is 15.1 Å². The quantitative estimate of drug-likeness (QED) is 0.910. The lowest BCUT2D eigenvalue weighted by Gasteiger charge is -2.44. The predicted molar refractivity (Wildman–Crippen MR) is 81.2 cm³/mol. The van der Waals surface area contributed by atoms with Gasteiger partial charge in [-0.3, -0.25) is 9.80 Å². The molecule has 0 amide bonds. The van der Waals surface area contributed by atoms with E-state index in [9.17, 15) is 4.39 Å². The van der Waals surface area contributed by atoms with Crippen LogP contribution >= 0.6 is 0 Å². The first-order chi connectivity index (χ1) is 10.2. The Kier molecular flexibility index (Phi) is 4.42. The van der Waals surface area contributed by atoms with Crippen molar-refractivity contribution >= 4 is 0 Å². The number of halogens is 1. The van der Waals surface area contributed by atoms with Crippen molar-refractivity contribution in [2.75, 3.05) is 46.4 Å². The summed E-state index contributed by atoms with van der Waals surface area (Å²) in [6.07, 6.45) is 0. The molecule has 2 fully saturated rings. The van der Waals surface area contributed by atoms with Crippen molar-refractivity contribution in [1.29, 1.82) is 0 Å². The summed E-state index contributed by atoms with van der Waals surface area (Å²) in [5, 5.41) is 3.33. The molecule has 0 aliphatic carbocycles. The van der Waals surface area contributed by atoms with Gasteiger partial charge in [0.1, 0.15) is 0 Å². The van der Waals surface area contributed by atoms with Crippen molar-refractivity contribution in [3.8, 4) is 5.75 Å². The summed E-state index contributed by atoms with van der Waals surface area (Å²) in [5.41, 5.74) is 1.02. The fraction of sp³-hybridized carbons (Fsp3) is 0.625. The zero-order valence-electron chi connectivity index (χ0n) is 12.8. The number of hydrogen-bond acceptors (Lipinski definition) is 4. The van der Waals surface area contributed by atoms with Crippen LogP contribution in [0.2, 0.25) is 0 Å². The molecule has 21 heavy (non-hydrogen) atoms. The fourth-order valence-corrected chi connectivity index (χ4v) is 3.17. The lowest BCUT2D eigenvalue weighted by atomic mass is 10.0. The van der Waals surface area contributed by atoms with Crippen LogP contribution in [-0.4, -0.2) is 62.2 Å². The lowest BCUT2D eigenvalue weighted by Crippen LogP contribution is -2.61. The molecule has 2 aliphatic heterocycles. The molecule has 1 atom stereocenters. The molecular weight excluding hydrogens is 269 g/mol. The normalized spacial score (nSPS) is 22.8. The summed E-state index contributed by atoms with van der Waals surface area (Å²) >= 11 is 0. The summed E-state index contributed by atoms with van der Waals surface area (Å²) in [6.45, 7) is 8.71. The van der Waals surface area contributed by atoms with Crippen LogP contribution in [-0.2, 0) is 0 Å². The number of rotatable bonds is 4. The highest BCUT2D eigenvalue weighted by Crippen LogP contribution is 2.26. The van der Waals surface area contributed by atoms with Gasteiger partial charge in [0, 0.05) is 51.4 Å². The Bertz CT molecular complexity index is 484. The van der Waals surface area contributed by atoms with E-state index in [1.54, 1.807) is 12.1 Å². The highest BCUT2D eigenvalue weighted by atomic mass is 19.1. The summed E-state index contributed by atoms with van der Waals surface area (Å²) in [6, 6.07) is 6.26. The van der Waals surface area contributed by atoms with Crippen LogP contribution in [0, 0.1) is 5.82 Å². The molecule has 0 bridgehead atoms. The van der Waals surface area contributed by atoms with E-state index >= 15 is 0 Å². The zero-order valence-corrected chi connectivity index (χ0v) is 12.8. The molecule has 4 nitrogen and oxygen atoms in total. The Hall–Kier alpha value is -1.17. The molecular formula is C16H24FN3O. The van der Waals surface area contributed by atoms with Crippen LogP contribution in [0.25, 0.3) is 0 Å². The molecule has 1 aromatic carbocycles. The lowest BCUT2D eigenvalue weighted by molar-refractivity contribution is 0.0551. The Morgan fingerprint density at radius 3 is 2.48 bits per heavy atom. The van der Waals surface area contributed by atoms with E-state index in [1.165, 1.54) is 7.11 Å². The molecule has 1 N–H and O–H groups in total. The summed E-state index contributed by atoms with van der Waals surface area (Å²) in [5.74, 6) is 0.0364. The van der Waals surface area contributed by atoms with E-state index in [0.29, 0.717) is 5.75 Å². The zero-order chi connectivity index (χ0) is 14.8. The van der Waals surface area contributed by atoms with Crippen molar-refractivity contribution < 1.29 is 9.13 Å². The average molecular weight is 293 g/mol. The molecule has 0 aromatic heterocycles. The van der Waals surface area contributed by atoms with Crippen LogP contribution in [0.4, 0.5) is 4.39 Å². The Morgan fingerprint density at radius 1 is 1.24 bits per heavy atom. The SMILES string of the molecule is COc1ccc(C(C)N2CCN(C3CNC3)CC2)cc1F. The topological polar surface area (TPSA) is 27.7 Å². The van der Waals surface area contributed by atoms with Gasteiger partial charge in [-0.15, -0.1) is 0 Å². The summed E-state index contributed by atoms with van der Waals surface area (Å²) in [7, 11) is 1.50. The number of piperazine rings is 1. The first kappa shape index (κ1) is 14.8. The minimum atomic E-state index is -0.277. The second-order valence-electron chi connectivity index (χ2n) is 5.95. The molecule has 1 unspecified atom stereocenters. The Morgan fingerprint density at radius 2 is 1.95 bits per heavy atom. The van der Waals surface area contributed by atoms with Gasteiger partial charge in [0.05, 0.1) is 7.11 Å². The monoisotopic (exact) mass is 293 g/mol. The predicted octanol–water partition coefficient (Wildman–Crippen LogP) is 1.48. The number of ether oxygens (including phenoxy) is 1. The molecule has 2 heterocycles. The minimum absolute atomic E-state index is 0.243. The number of nitrogens with zero attached hydrogens (tertiary/aromatic N) is 2. The van der Waals surface area contributed by atoms with E-state index in [-0.39, 0.29) is 11.9 Å². The summed E-state index contributed by atoms with van der Waals surface area (Å²) < 4.78 is 18.8. The van der Waals surface area contributed by atoms with E-state index in [2.05, 4.69) is 22.0 Å². The smallest absolute Gasteiger partial charge is 0.165 e. The van der Waals surface area contributed by atoms with E-state index < -0.39 is 0 Å². The molecule has 2 saturated heterocycles.